The highest BCUT2D eigenvalue weighted by Gasteiger charge is 2.16. The average molecular weight is 490 g/mol. The van der Waals surface area contributed by atoms with Crippen LogP contribution in [0.15, 0.2) is 59.6 Å². The van der Waals surface area contributed by atoms with Gasteiger partial charge in [0.1, 0.15) is 13.2 Å². The molecular weight excluding hydrogens is 466 g/mol. The van der Waals surface area contributed by atoms with Crippen LogP contribution in [0.3, 0.4) is 0 Å². The summed E-state index contributed by atoms with van der Waals surface area (Å²) in [5.41, 5.74) is 4.82. The fourth-order valence-corrected chi connectivity index (χ4v) is 4.63. The van der Waals surface area contributed by atoms with Crippen molar-refractivity contribution in [2.45, 2.75) is 13.0 Å². The molecule has 0 aliphatic carbocycles. The van der Waals surface area contributed by atoms with Crippen LogP contribution in [0.25, 0.3) is 21.2 Å². The molecule has 1 aliphatic rings. The number of aliphatic carboxylic acids is 1. The van der Waals surface area contributed by atoms with Crippen molar-refractivity contribution in [2.24, 2.45) is 4.99 Å². The summed E-state index contributed by atoms with van der Waals surface area (Å²) in [6.45, 7) is 2.60. The zero-order valence-electron chi connectivity index (χ0n) is 18.9. The predicted octanol–water partition coefficient (Wildman–Crippen LogP) is 4.65. The number of benzene rings is 3. The van der Waals surface area contributed by atoms with Gasteiger partial charge in [0, 0.05) is 17.3 Å². The third kappa shape index (κ3) is 4.68. The van der Waals surface area contributed by atoms with Crippen molar-refractivity contribution in [2.75, 3.05) is 25.1 Å². The molecule has 8 nitrogen and oxygen atoms in total. The van der Waals surface area contributed by atoms with E-state index in [1.165, 1.54) is 17.7 Å². The number of rotatable bonds is 7. The Morgan fingerprint density at radius 3 is 2.80 bits per heavy atom. The Labute approximate surface area is 205 Å². The fourth-order valence-electron chi connectivity index (χ4n) is 3.91. The lowest BCUT2D eigenvalue weighted by atomic mass is 9.98. The molecule has 1 aliphatic heterocycles. The lowest BCUT2D eigenvalue weighted by Gasteiger charge is -2.19. The van der Waals surface area contributed by atoms with Crippen LogP contribution in [-0.2, 0) is 4.79 Å². The Balaban J connectivity index is 1.44. The first-order chi connectivity index (χ1) is 17.0. The van der Waals surface area contributed by atoms with E-state index in [4.69, 9.17) is 14.6 Å². The summed E-state index contributed by atoms with van der Waals surface area (Å²) in [7, 11) is 0. The Hall–Kier alpha value is -3.95. The maximum Gasteiger partial charge on any atom is 0.330 e. The molecule has 35 heavy (non-hydrogen) atoms. The topological polar surface area (TPSA) is 113 Å². The third-order valence-corrected chi connectivity index (χ3v) is 6.62. The van der Waals surface area contributed by atoms with Crippen molar-refractivity contribution in [3.63, 3.8) is 0 Å². The molecule has 0 fully saturated rings. The van der Waals surface area contributed by atoms with Crippen molar-refractivity contribution in [1.29, 1.82) is 0 Å². The summed E-state index contributed by atoms with van der Waals surface area (Å²) in [6, 6.07) is 16.5. The van der Waals surface area contributed by atoms with Gasteiger partial charge < -0.3 is 25.0 Å². The predicted molar refractivity (Wildman–Crippen MR) is 137 cm³/mol. The van der Waals surface area contributed by atoms with E-state index in [9.17, 15) is 9.90 Å². The largest absolute Gasteiger partial charge is 0.486 e. The van der Waals surface area contributed by atoms with Gasteiger partial charge in [0.2, 0.25) is 0 Å². The van der Waals surface area contributed by atoms with E-state index in [1.807, 2.05) is 48.5 Å². The van der Waals surface area contributed by atoms with Crippen molar-refractivity contribution < 1.29 is 24.5 Å². The molecule has 0 bridgehead atoms. The minimum atomic E-state index is -1.19. The van der Waals surface area contributed by atoms with E-state index >= 15 is 0 Å². The quantitative estimate of drug-likeness (QED) is 0.324. The molecule has 0 saturated carbocycles. The molecule has 5 rings (SSSR count). The van der Waals surface area contributed by atoms with Crippen molar-refractivity contribution >= 4 is 45.3 Å². The van der Waals surface area contributed by atoms with Gasteiger partial charge in [-0.15, -0.1) is 0 Å². The second-order valence-electron chi connectivity index (χ2n) is 8.06. The molecule has 0 spiro atoms. The van der Waals surface area contributed by atoms with Crippen molar-refractivity contribution in [3.8, 4) is 22.6 Å². The van der Waals surface area contributed by atoms with Crippen LogP contribution in [0, 0.1) is 6.92 Å². The molecule has 178 valence electrons. The number of carbonyl (C=O) groups is 1. The molecule has 0 radical (unpaired) electrons. The van der Waals surface area contributed by atoms with E-state index in [0.29, 0.717) is 19.0 Å². The van der Waals surface area contributed by atoms with Gasteiger partial charge in [-0.3, -0.25) is 4.99 Å². The summed E-state index contributed by atoms with van der Waals surface area (Å²) < 4.78 is 17.0. The lowest BCUT2D eigenvalue weighted by molar-refractivity contribution is -0.139. The second-order valence-corrected chi connectivity index (χ2v) is 8.87. The number of anilines is 2. The molecule has 9 heteroatoms. The zero-order valence-corrected chi connectivity index (χ0v) is 19.7. The molecule has 0 unspecified atom stereocenters. The highest BCUT2D eigenvalue weighted by molar-refractivity contribution is 7.13. The average Bonchev–Trinajstić information content (AvgIpc) is 3.27. The number of ether oxygens (including phenoxy) is 2. The number of hydrogen-bond acceptors (Lipinski definition) is 8. The number of aliphatic imine (C=N–C) groups is 1. The van der Waals surface area contributed by atoms with Gasteiger partial charge in [0.25, 0.3) is 0 Å². The van der Waals surface area contributed by atoms with E-state index in [1.54, 1.807) is 0 Å². The molecule has 1 aromatic heterocycles. The second kappa shape index (κ2) is 9.73. The van der Waals surface area contributed by atoms with Gasteiger partial charge in [-0.1, -0.05) is 24.3 Å². The van der Waals surface area contributed by atoms with Crippen molar-refractivity contribution in [3.05, 3.63) is 65.7 Å². The highest BCUT2D eigenvalue weighted by Crippen LogP contribution is 2.38. The first kappa shape index (κ1) is 22.8. The molecule has 2 heterocycles. The van der Waals surface area contributed by atoms with E-state index in [2.05, 4.69) is 27.7 Å². The minimum Gasteiger partial charge on any atom is -0.486 e. The summed E-state index contributed by atoms with van der Waals surface area (Å²) in [4.78, 5) is 15.1. The van der Waals surface area contributed by atoms with E-state index in [0.717, 1.165) is 49.5 Å². The Bertz CT molecular complexity index is 1430. The number of nitrogens with one attached hydrogen (secondary N) is 1. The monoisotopic (exact) mass is 489 g/mol. The van der Waals surface area contributed by atoms with Gasteiger partial charge in [-0.25, -0.2) is 4.79 Å². The molecule has 3 aromatic carbocycles. The van der Waals surface area contributed by atoms with E-state index < -0.39 is 18.6 Å². The van der Waals surface area contributed by atoms with Gasteiger partial charge >= 0.3 is 5.97 Å². The first-order valence-corrected chi connectivity index (χ1v) is 11.8. The smallest absolute Gasteiger partial charge is 0.330 e. The maximum atomic E-state index is 11.1. The van der Waals surface area contributed by atoms with Gasteiger partial charge in [-0.2, -0.15) is 4.37 Å². The summed E-state index contributed by atoms with van der Waals surface area (Å²) in [5, 5.41) is 22.6. The molecule has 4 aromatic rings. The van der Waals surface area contributed by atoms with E-state index in [-0.39, 0.29) is 0 Å². The van der Waals surface area contributed by atoms with Crippen LogP contribution < -0.4 is 14.8 Å². The Kier molecular flexibility index (Phi) is 6.35. The molecular formula is C26H23N3O5S. The number of hydrogen-bond donors (Lipinski definition) is 3. The van der Waals surface area contributed by atoms with Crippen LogP contribution in [0.5, 0.6) is 11.5 Å². The van der Waals surface area contributed by atoms with Gasteiger partial charge in [-0.05, 0) is 71.0 Å². The van der Waals surface area contributed by atoms with Crippen LogP contribution in [0.2, 0.25) is 0 Å². The molecule has 0 saturated heterocycles. The van der Waals surface area contributed by atoms with Gasteiger partial charge in [0.15, 0.2) is 23.4 Å². The Morgan fingerprint density at radius 2 is 2.00 bits per heavy atom. The molecule has 3 N–H and O–H groups in total. The highest BCUT2D eigenvalue weighted by atomic mass is 32.1. The minimum absolute atomic E-state index is 0.539. The zero-order chi connectivity index (χ0) is 24.4. The number of nitrogens with zero attached hydrogens (tertiary/aromatic N) is 2. The Morgan fingerprint density at radius 1 is 1.17 bits per heavy atom. The van der Waals surface area contributed by atoms with Crippen LogP contribution in [0.4, 0.5) is 11.5 Å². The van der Waals surface area contributed by atoms with Gasteiger partial charge in [0.05, 0.1) is 11.3 Å². The molecule has 1 atom stereocenters. The number of aliphatic hydroxyl groups is 1. The summed E-state index contributed by atoms with van der Waals surface area (Å²) in [5.74, 6) is 1.05. The maximum absolute atomic E-state index is 11.1. The fraction of sp³-hybridized carbons (Fsp3) is 0.192. The number of carboxylic acids is 1. The van der Waals surface area contributed by atoms with Crippen molar-refractivity contribution in [1.82, 2.24) is 4.37 Å². The number of aromatic nitrogens is 1. The molecule has 0 amide bonds. The van der Waals surface area contributed by atoms with Crippen LogP contribution in [0.1, 0.15) is 11.1 Å². The number of fused-ring (bicyclic) bond motifs is 2. The number of carboxylic acid groups (broad SMARTS) is 1. The van der Waals surface area contributed by atoms with Crippen LogP contribution >= 0.6 is 11.5 Å². The SMILES string of the molecule is Cc1c(Nc2nsc3ccc(C=N[C@@H](CO)C(=O)O)cc23)cccc1-c1ccc2c(c1)OCCO2. The normalized spacial score (nSPS) is 13.8. The standard InChI is InChI=1S/C26H23N3O5S/c1-15-18(17-6-7-22-23(12-17)34-10-9-33-22)3-2-4-20(15)28-25-19-11-16(5-8-24(19)35-29-25)13-27-21(14-30)26(31)32/h2-8,11-13,21,30H,9-10,14H2,1H3,(H,28,29)(H,31,32)/t21-/m0/s1. The lowest BCUT2D eigenvalue weighted by Crippen LogP contribution is -2.22. The van der Waals surface area contributed by atoms with Crippen LogP contribution in [-0.4, -0.2) is 52.6 Å². The third-order valence-electron chi connectivity index (χ3n) is 5.80. The first-order valence-electron chi connectivity index (χ1n) is 11.1. The number of aliphatic hydroxyl groups excluding tert-OH is 1. The summed E-state index contributed by atoms with van der Waals surface area (Å²) >= 11 is 1.38. The summed E-state index contributed by atoms with van der Waals surface area (Å²) in [6.07, 6.45) is 1.46.